The molecule has 0 atom stereocenters. The molecule has 21 heavy (non-hydrogen) atoms. The normalized spacial score (nSPS) is 16.4. The molecule has 1 aromatic heterocycles. The summed E-state index contributed by atoms with van der Waals surface area (Å²) in [6.45, 7) is 0. The summed E-state index contributed by atoms with van der Waals surface area (Å²) < 4.78 is 0. The zero-order valence-corrected chi connectivity index (χ0v) is 12.8. The SMILES string of the molecule is CN(c1ccc(-c2ccccc2)nc1)C1CCCCCC1. The molecule has 2 heteroatoms. The third-order valence-electron chi connectivity index (χ3n) is 4.60. The van der Waals surface area contributed by atoms with Crippen molar-refractivity contribution in [2.75, 3.05) is 11.9 Å². The minimum atomic E-state index is 0.678. The molecule has 0 saturated heterocycles. The van der Waals surface area contributed by atoms with Gasteiger partial charge in [-0.2, -0.15) is 0 Å². The summed E-state index contributed by atoms with van der Waals surface area (Å²) in [5, 5.41) is 0. The number of benzene rings is 1. The van der Waals surface area contributed by atoms with E-state index >= 15 is 0 Å². The third kappa shape index (κ3) is 3.44. The smallest absolute Gasteiger partial charge is 0.0703 e. The van der Waals surface area contributed by atoms with Gasteiger partial charge in [-0.05, 0) is 25.0 Å². The monoisotopic (exact) mass is 280 g/mol. The minimum Gasteiger partial charge on any atom is -0.370 e. The minimum absolute atomic E-state index is 0.678. The van der Waals surface area contributed by atoms with Crippen molar-refractivity contribution < 1.29 is 0 Å². The zero-order chi connectivity index (χ0) is 14.5. The Kier molecular flexibility index (Phi) is 4.54. The van der Waals surface area contributed by atoms with Crippen molar-refractivity contribution in [3.8, 4) is 11.3 Å². The Bertz CT molecular complexity index is 540. The van der Waals surface area contributed by atoms with Crippen LogP contribution in [0.2, 0.25) is 0 Å². The van der Waals surface area contributed by atoms with E-state index in [1.165, 1.54) is 49.8 Å². The largest absolute Gasteiger partial charge is 0.370 e. The molecule has 3 rings (SSSR count). The molecular formula is C19H24N2. The van der Waals surface area contributed by atoms with Gasteiger partial charge in [0.15, 0.2) is 0 Å². The Morgan fingerprint density at radius 2 is 1.62 bits per heavy atom. The molecule has 0 unspecified atom stereocenters. The van der Waals surface area contributed by atoms with Crippen LogP contribution in [0.3, 0.4) is 0 Å². The highest BCUT2D eigenvalue weighted by Crippen LogP contribution is 2.26. The van der Waals surface area contributed by atoms with Crippen LogP contribution in [-0.4, -0.2) is 18.1 Å². The van der Waals surface area contributed by atoms with Crippen LogP contribution in [0.4, 0.5) is 5.69 Å². The van der Waals surface area contributed by atoms with Crippen molar-refractivity contribution in [2.24, 2.45) is 0 Å². The first-order valence-corrected chi connectivity index (χ1v) is 8.09. The Morgan fingerprint density at radius 3 is 2.24 bits per heavy atom. The van der Waals surface area contributed by atoms with Crippen molar-refractivity contribution in [1.29, 1.82) is 0 Å². The number of rotatable bonds is 3. The third-order valence-corrected chi connectivity index (χ3v) is 4.60. The first-order chi connectivity index (χ1) is 10.3. The maximum absolute atomic E-state index is 4.65. The average molecular weight is 280 g/mol. The fraction of sp³-hybridized carbons (Fsp3) is 0.421. The van der Waals surface area contributed by atoms with E-state index < -0.39 is 0 Å². The van der Waals surface area contributed by atoms with Gasteiger partial charge in [-0.3, -0.25) is 4.98 Å². The molecule has 2 aromatic rings. The number of aromatic nitrogens is 1. The van der Waals surface area contributed by atoms with Gasteiger partial charge in [-0.1, -0.05) is 56.0 Å². The van der Waals surface area contributed by atoms with Gasteiger partial charge in [0.25, 0.3) is 0 Å². The molecule has 0 aliphatic heterocycles. The first kappa shape index (κ1) is 14.1. The van der Waals surface area contributed by atoms with E-state index in [0.717, 1.165) is 5.69 Å². The fourth-order valence-electron chi connectivity index (χ4n) is 3.23. The van der Waals surface area contributed by atoms with Crippen LogP contribution >= 0.6 is 0 Å². The average Bonchev–Trinajstić information content (AvgIpc) is 2.84. The van der Waals surface area contributed by atoms with Crippen LogP contribution in [0, 0.1) is 0 Å². The van der Waals surface area contributed by atoms with Gasteiger partial charge in [0, 0.05) is 18.7 Å². The zero-order valence-electron chi connectivity index (χ0n) is 12.8. The van der Waals surface area contributed by atoms with Crippen LogP contribution in [0.15, 0.2) is 48.7 Å². The highest BCUT2D eigenvalue weighted by Gasteiger charge is 2.17. The molecular weight excluding hydrogens is 256 g/mol. The lowest BCUT2D eigenvalue weighted by molar-refractivity contribution is 0.552. The summed E-state index contributed by atoms with van der Waals surface area (Å²) in [7, 11) is 2.22. The van der Waals surface area contributed by atoms with Crippen molar-refractivity contribution >= 4 is 5.69 Å². The summed E-state index contributed by atoms with van der Waals surface area (Å²) in [6.07, 6.45) is 10.2. The Morgan fingerprint density at radius 1 is 0.905 bits per heavy atom. The van der Waals surface area contributed by atoms with Crippen molar-refractivity contribution in [1.82, 2.24) is 4.98 Å². The number of hydrogen-bond acceptors (Lipinski definition) is 2. The van der Waals surface area contributed by atoms with E-state index in [4.69, 9.17) is 0 Å². The molecule has 0 radical (unpaired) electrons. The summed E-state index contributed by atoms with van der Waals surface area (Å²) in [5.41, 5.74) is 3.47. The molecule has 1 saturated carbocycles. The van der Waals surface area contributed by atoms with Crippen molar-refractivity contribution in [3.05, 3.63) is 48.7 Å². The second-order valence-corrected chi connectivity index (χ2v) is 6.02. The molecule has 1 fully saturated rings. The van der Waals surface area contributed by atoms with Gasteiger partial charge < -0.3 is 4.90 Å². The quantitative estimate of drug-likeness (QED) is 0.743. The van der Waals surface area contributed by atoms with E-state index in [9.17, 15) is 0 Å². The lowest BCUT2D eigenvalue weighted by atomic mass is 10.1. The maximum atomic E-state index is 4.65. The van der Waals surface area contributed by atoms with Gasteiger partial charge in [-0.15, -0.1) is 0 Å². The summed E-state index contributed by atoms with van der Waals surface area (Å²) >= 11 is 0. The number of anilines is 1. The van der Waals surface area contributed by atoms with Crippen LogP contribution in [-0.2, 0) is 0 Å². The number of hydrogen-bond donors (Lipinski definition) is 0. The van der Waals surface area contributed by atoms with Crippen LogP contribution in [0.1, 0.15) is 38.5 Å². The lowest BCUT2D eigenvalue weighted by Crippen LogP contribution is -2.31. The second-order valence-electron chi connectivity index (χ2n) is 6.02. The van der Waals surface area contributed by atoms with E-state index in [2.05, 4.69) is 53.3 Å². The highest BCUT2D eigenvalue weighted by atomic mass is 15.1. The number of pyridine rings is 1. The fourth-order valence-corrected chi connectivity index (χ4v) is 3.23. The predicted octanol–water partition coefficient (Wildman–Crippen LogP) is 4.91. The van der Waals surface area contributed by atoms with Crippen LogP contribution in [0.25, 0.3) is 11.3 Å². The van der Waals surface area contributed by atoms with Gasteiger partial charge >= 0.3 is 0 Å². The van der Waals surface area contributed by atoms with Crippen molar-refractivity contribution in [3.63, 3.8) is 0 Å². The second kappa shape index (κ2) is 6.75. The molecule has 1 heterocycles. The highest BCUT2D eigenvalue weighted by molar-refractivity contribution is 5.61. The summed E-state index contributed by atoms with van der Waals surface area (Å²) in [6, 6.07) is 15.4. The number of nitrogens with zero attached hydrogens (tertiary/aromatic N) is 2. The van der Waals surface area contributed by atoms with E-state index in [1.807, 2.05) is 12.3 Å². The summed E-state index contributed by atoms with van der Waals surface area (Å²) in [4.78, 5) is 7.07. The predicted molar refractivity (Wildman–Crippen MR) is 89.6 cm³/mol. The molecule has 110 valence electrons. The molecule has 0 spiro atoms. The Balaban J connectivity index is 1.74. The Hall–Kier alpha value is -1.83. The van der Waals surface area contributed by atoms with Gasteiger partial charge in [0.1, 0.15) is 0 Å². The molecule has 0 bridgehead atoms. The lowest BCUT2D eigenvalue weighted by Gasteiger charge is -2.29. The topological polar surface area (TPSA) is 16.1 Å². The first-order valence-electron chi connectivity index (χ1n) is 8.09. The van der Waals surface area contributed by atoms with E-state index in [-0.39, 0.29) is 0 Å². The van der Waals surface area contributed by atoms with Crippen LogP contribution < -0.4 is 4.90 Å². The molecule has 0 amide bonds. The van der Waals surface area contributed by atoms with E-state index in [0.29, 0.717) is 6.04 Å². The molecule has 2 nitrogen and oxygen atoms in total. The Labute approximate surface area is 127 Å². The van der Waals surface area contributed by atoms with Crippen LogP contribution in [0.5, 0.6) is 0 Å². The molecule has 1 aromatic carbocycles. The summed E-state index contributed by atoms with van der Waals surface area (Å²) in [5.74, 6) is 0. The maximum Gasteiger partial charge on any atom is 0.0703 e. The van der Waals surface area contributed by atoms with Crippen molar-refractivity contribution in [2.45, 2.75) is 44.6 Å². The van der Waals surface area contributed by atoms with Gasteiger partial charge in [-0.25, -0.2) is 0 Å². The van der Waals surface area contributed by atoms with Gasteiger partial charge in [0.2, 0.25) is 0 Å². The standard InChI is InChI=1S/C19H24N2/c1-21(17-11-7-2-3-8-12-17)18-13-14-19(20-15-18)16-9-5-4-6-10-16/h4-6,9-10,13-15,17H,2-3,7-8,11-12H2,1H3. The van der Waals surface area contributed by atoms with E-state index in [1.54, 1.807) is 0 Å². The molecule has 0 N–H and O–H groups in total. The van der Waals surface area contributed by atoms with Gasteiger partial charge in [0.05, 0.1) is 17.6 Å². The molecule has 1 aliphatic carbocycles. The molecule has 1 aliphatic rings.